The van der Waals surface area contributed by atoms with Gasteiger partial charge in [-0.2, -0.15) is 0 Å². The van der Waals surface area contributed by atoms with E-state index in [0.29, 0.717) is 12.3 Å². The Morgan fingerprint density at radius 1 is 1.64 bits per heavy atom. The molecule has 1 atom stereocenters. The van der Waals surface area contributed by atoms with E-state index in [2.05, 4.69) is 0 Å². The number of likely N-dealkylation sites (N-methyl/N-ethyl adjacent to an activating group) is 1. The fourth-order valence-corrected chi connectivity index (χ4v) is 1.74. The molecule has 0 aromatic rings. The third-order valence-corrected chi connectivity index (χ3v) is 2.72. The topological polar surface area (TPSA) is 29.5 Å². The lowest BCUT2D eigenvalue weighted by molar-refractivity contribution is -0.131. The Balaban J connectivity index is 2.18. The molecule has 14 heavy (non-hydrogen) atoms. The fourth-order valence-electron chi connectivity index (χ4n) is 1.60. The maximum Gasteiger partial charge on any atom is 0.222 e. The minimum absolute atomic E-state index is 0.168. The summed E-state index contributed by atoms with van der Waals surface area (Å²) >= 11 is 5.53. The Kier molecular flexibility index (Phi) is 5.26. The van der Waals surface area contributed by atoms with E-state index in [9.17, 15) is 4.79 Å². The van der Waals surface area contributed by atoms with Crippen LogP contribution < -0.4 is 0 Å². The lowest BCUT2D eigenvalue weighted by atomic mass is 10.2. The van der Waals surface area contributed by atoms with Gasteiger partial charge in [0.15, 0.2) is 0 Å². The van der Waals surface area contributed by atoms with Gasteiger partial charge in [0.25, 0.3) is 0 Å². The van der Waals surface area contributed by atoms with Crippen molar-refractivity contribution < 1.29 is 9.53 Å². The molecular formula is C10H18ClNO2. The summed E-state index contributed by atoms with van der Waals surface area (Å²) in [7, 11) is 1.83. The summed E-state index contributed by atoms with van der Waals surface area (Å²) in [5, 5.41) is 0. The van der Waals surface area contributed by atoms with Crippen molar-refractivity contribution in [3.05, 3.63) is 0 Å². The van der Waals surface area contributed by atoms with Crippen molar-refractivity contribution in [2.45, 2.75) is 31.8 Å². The molecule has 0 bridgehead atoms. The highest BCUT2D eigenvalue weighted by atomic mass is 35.5. The summed E-state index contributed by atoms with van der Waals surface area (Å²) in [6.07, 6.45) is 3.75. The first-order valence-electron chi connectivity index (χ1n) is 5.15. The molecule has 0 aliphatic carbocycles. The van der Waals surface area contributed by atoms with Crippen molar-refractivity contribution in [1.82, 2.24) is 4.90 Å². The Morgan fingerprint density at radius 2 is 2.43 bits per heavy atom. The smallest absolute Gasteiger partial charge is 0.222 e. The minimum atomic E-state index is 0.168. The first-order valence-corrected chi connectivity index (χ1v) is 5.69. The molecule has 1 unspecified atom stereocenters. The van der Waals surface area contributed by atoms with Crippen LogP contribution in [0.4, 0.5) is 0 Å². The van der Waals surface area contributed by atoms with Gasteiger partial charge in [-0.15, -0.1) is 11.6 Å². The summed E-state index contributed by atoms with van der Waals surface area (Å²) in [6, 6.07) is 0. The van der Waals surface area contributed by atoms with Gasteiger partial charge in [-0.25, -0.2) is 0 Å². The summed E-state index contributed by atoms with van der Waals surface area (Å²) in [6.45, 7) is 1.56. The fraction of sp³-hybridized carbons (Fsp3) is 0.900. The molecule has 0 radical (unpaired) electrons. The van der Waals surface area contributed by atoms with E-state index in [-0.39, 0.29) is 12.0 Å². The Bertz CT molecular complexity index is 181. The van der Waals surface area contributed by atoms with Crippen LogP contribution in [-0.4, -0.2) is 43.0 Å². The highest BCUT2D eigenvalue weighted by Gasteiger charge is 2.19. The minimum Gasteiger partial charge on any atom is -0.376 e. The van der Waals surface area contributed by atoms with Crippen LogP contribution in [0, 0.1) is 0 Å². The predicted molar refractivity (Wildman–Crippen MR) is 56.6 cm³/mol. The van der Waals surface area contributed by atoms with Crippen LogP contribution in [-0.2, 0) is 9.53 Å². The monoisotopic (exact) mass is 219 g/mol. The number of alkyl halides is 1. The lowest BCUT2D eigenvalue weighted by Crippen LogP contribution is -2.33. The second-order valence-corrected chi connectivity index (χ2v) is 4.08. The quantitative estimate of drug-likeness (QED) is 0.658. The van der Waals surface area contributed by atoms with Gasteiger partial charge in [-0.1, -0.05) is 0 Å². The number of carbonyl (C=O) groups is 1. The second-order valence-electron chi connectivity index (χ2n) is 3.70. The Morgan fingerprint density at radius 3 is 3.00 bits per heavy atom. The number of hydrogen-bond acceptors (Lipinski definition) is 2. The molecule has 1 heterocycles. The highest BCUT2D eigenvalue weighted by molar-refractivity contribution is 6.17. The maximum atomic E-state index is 11.5. The van der Waals surface area contributed by atoms with Gasteiger partial charge in [-0.05, 0) is 19.3 Å². The summed E-state index contributed by atoms with van der Waals surface area (Å²) in [4.78, 5) is 13.3. The molecule has 0 saturated carbocycles. The molecule has 1 amide bonds. The molecule has 4 heteroatoms. The number of carbonyl (C=O) groups excluding carboxylic acids is 1. The van der Waals surface area contributed by atoms with Crippen molar-refractivity contribution in [2.24, 2.45) is 0 Å². The van der Waals surface area contributed by atoms with Gasteiger partial charge in [-0.3, -0.25) is 4.79 Å². The summed E-state index contributed by atoms with van der Waals surface area (Å²) in [5.74, 6) is 0.723. The van der Waals surface area contributed by atoms with E-state index < -0.39 is 0 Å². The maximum absolute atomic E-state index is 11.5. The van der Waals surface area contributed by atoms with Crippen LogP contribution in [0.25, 0.3) is 0 Å². The predicted octanol–water partition coefficient (Wildman–Crippen LogP) is 1.64. The van der Waals surface area contributed by atoms with Gasteiger partial charge in [0.2, 0.25) is 5.91 Å². The SMILES string of the molecule is CN(CC1CCCO1)C(=O)CCCCl. The van der Waals surface area contributed by atoms with E-state index in [1.807, 2.05) is 7.05 Å². The van der Waals surface area contributed by atoms with Crippen LogP contribution in [0.3, 0.4) is 0 Å². The number of rotatable bonds is 5. The van der Waals surface area contributed by atoms with Crippen LogP contribution in [0.15, 0.2) is 0 Å². The van der Waals surface area contributed by atoms with E-state index in [4.69, 9.17) is 16.3 Å². The third kappa shape index (κ3) is 3.84. The van der Waals surface area contributed by atoms with Gasteiger partial charge in [0.1, 0.15) is 0 Å². The van der Waals surface area contributed by atoms with Crippen molar-refractivity contribution in [2.75, 3.05) is 26.1 Å². The first kappa shape index (κ1) is 11.8. The summed E-state index contributed by atoms with van der Waals surface area (Å²) in [5.41, 5.74) is 0. The zero-order valence-electron chi connectivity index (χ0n) is 8.67. The number of ether oxygens (including phenoxy) is 1. The standard InChI is InChI=1S/C10H18ClNO2/c1-12(10(13)5-2-6-11)8-9-4-3-7-14-9/h9H,2-8H2,1H3. The zero-order chi connectivity index (χ0) is 10.4. The molecule has 0 spiro atoms. The van der Waals surface area contributed by atoms with E-state index in [1.54, 1.807) is 4.90 Å². The number of amides is 1. The third-order valence-electron chi connectivity index (χ3n) is 2.45. The molecule has 1 aliphatic heterocycles. The Labute approximate surface area is 90.4 Å². The molecule has 3 nitrogen and oxygen atoms in total. The number of hydrogen-bond donors (Lipinski definition) is 0. The van der Waals surface area contributed by atoms with Crippen LogP contribution in [0.2, 0.25) is 0 Å². The second kappa shape index (κ2) is 6.25. The lowest BCUT2D eigenvalue weighted by Gasteiger charge is -2.20. The van der Waals surface area contributed by atoms with E-state index in [1.165, 1.54) is 0 Å². The normalized spacial score (nSPS) is 21.1. The molecule has 1 saturated heterocycles. The average molecular weight is 220 g/mol. The molecule has 1 fully saturated rings. The average Bonchev–Trinajstić information content (AvgIpc) is 2.66. The molecule has 82 valence electrons. The van der Waals surface area contributed by atoms with Crippen molar-refractivity contribution >= 4 is 17.5 Å². The number of halogens is 1. The Hall–Kier alpha value is -0.280. The zero-order valence-corrected chi connectivity index (χ0v) is 9.42. The van der Waals surface area contributed by atoms with Crippen molar-refractivity contribution in [3.63, 3.8) is 0 Å². The van der Waals surface area contributed by atoms with Crippen molar-refractivity contribution in [3.8, 4) is 0 Å². The van der Waals surface area contributed by atoms with Crippen LogP contribution in [0.5, 0.6) is 0 Å². The molecule has 1 rings (SSSR count). The molecule has 0 aromatic carbocycles. The van der Waals surface area contributed by atoms with Crippen LogP contribution >= 0.6 is 11.6 Å². The van der Waals surface area contributed by atoms with Crippen LogP contribution in [0.1, 0.15) is 25.7 Å². The first-order chi connectivity index (χ1) is 6.74. The van der Waals surface area contributed by atoms with Gasteiger partial charge >= 0.3 is 0 Å². The van der Waals surface area contributed by atoms with Gasteiger partial charge < -0.3 is 9.64 Å². The van der Waals surface area contributed by atoms with Gasteiger partial charge in [0.05, 0.1) is 6.10 Å². The number of nitrogens with zero attached hydrogens (tertiary/aromatic N) is 1. The van der Waals surface area contributed by atoms with E-state index in [0.717, 1.165) is 32.4 Å². The molecule has 1 aliphatic rings. The highest BCUT2D eigenvalue weighted by Crippen LogP contribution is 2.13. The largest absolute Gasteiger partial charge is 0.376 e. The van der Waals surface area contributed by atoms with Gasteiger partial charge in [0, 0.05) is 32.5 Å². The molecule has 0 aromatic heterocycles. The molecule has 0 N–H and O–H groups in total. The summed E-state index contributed by atoms with van der Waals surface area (Å²) < 4.78 is 5.46. The molecular weight excluding hydrogens is 202 g/mol. The van der Waals surface area contributed by atoms with E-state index >= 15 is 0 Å². The van der Waals surface area contributed by atoms with Crippen molar-refractivity contribution in [1.29, 1.82) is 0 Å².